The molecule has 0 saturated heterocycles. The van der Waals surface area contributed by atoms with Crippen LogP contribution in [0.3, 0.4) is 0 Å². The molecule has 0 spiro atoms. The van der Waals surface area contributed by atoms with Crippen molar-refractivity contribution in [3.63, 3.8) is 0 Å². The third-order valence-electron chi connectivity index (χ3n) is 5.62. The average Bonchev–Trinajstić information content (AvgIpc) is 3.02. The van der Waals surface area contributed by atoms with Crippen molar-refractivity contribution in [2.24, 2.45) is 0 Å². The minimum absolute atomic E-state index is 0.270. The summed E-state index contributed by atoms with van der Waals surface area (Å²) in [6, 6.07) is 12.7. The lowest BCUT2D eigenvalue weighted by atomic mass is 10.1. The number of carbonyl (C=O) groups is 2. The largest absolute Gasteiger partial charge is 0.444 e. The summed E-state index contributed by atoms with van der Waals surface area (Å²) in [5.74, 6) is 1.58. The fourth-order valence-electron chi connectivity index (χ4n) is 3.95. The molecule has 1 aliphatic heterocycles. The van der Waals surface area contributed by atoms with Crippen molar-refractivity contribution in [3.05, 3.63) is 59.4 Å². The topological polar surface area (TPSA) is 98.1 Å². The summed E-state index contributed by atoms with van der Waals surface area (Å²) >= 11 is 0. The first-order chi connectivity index (χ1) is 16.2. The Morgan fingerprint density at radius 1 is 1.00 bits per heavy atom. The summed E-state index contributed by atoms with van der Waals surface area (Å²) in [4.78, 5) is 25.1. The van der Waals surface area contributed by atoms with Gasteiger partial charge in [-0.05, 0) is 70.4 Å². The number of aromatic nitrogens is 3. The van der Waals surface area contributed by atoms with Crippen molar-refractivity contribution in [2.45, 2.75) is 65.5 Å². The standard InChI is InChI=1S/C26H31N5O3/c1-17-12-13-18(23-30-29-22-11-6-5-7-14-31(22)23)16-21(17)28-24(32)19-9-8-10-20(15-19)27-25(33)34-26(2,3)4/h8-10,12-13,15-16H,5-7,11,14H2,1-4H3,(H,27,33)(H,28,32). The van der Waals surface area contributed by atoms with Gasteiger partial charge < -0.3 is 14.6 Å². The Morgan fingerprint density at radius 3 is 2.62 bits per heavy atom. The lowest BCUT2D eigenvalue weighted by molar-refractivity contribution is 0.0635. The van der Waals surface area contributed by atoms with E-state index >= 15 is 0 Å². The van der Waals surface area contributed by atoms with E-state index in [4.69, 9.17) is 4.74 Å². The van der Waals surface area contributed by atoms with E-state index < -0.39 is 11.7 Å². The first-order valence-electron chi connectivity index (χ1n) is 11.6. The number of hydrogen-bond acceptors (Lipinski definition) is 5. The second kappa shape index (κ2) is 9.67. The van der Waals surface area contributed by atoms with Crippen LogP contribution in [0.2, 0.25) is 0 Å². The van der Waals surface area contributed by atoms with Gasteiger partial charge in [-0.3, -0.25) is 10.1 Å². The Hall–Kier alpha value is -3.68. The predicted molar refractivity (Wildman–Crippen MR) is 132 cm³/mol. The maximum atomic E-state index is 13.0. The molecule has 0 saturated carbocycles. The fourth-order valence-corrected chi connectivity index (χ4v) is 3.95. The minimum Gasteiger partial charge on any atom is -0.444 e. The van der Waals surface area contributed by atoms with E-state index in [-0.39, 0.29) is 5.91 Å². The lowest BCUT2D eigenvalue weighted by Crippen LogP contribution is -2.27. The van der Waals surface area contributed by atoms with Crippen molar-refractivity contribution < 1.29 is 14.3 Å². The first kappa shape index (κ1) is 23.5. The van der Waals surface area contributed by atoms with Crippen molar-refractivity contribution >= 4 is 23.4 Å². The number of ether oxygens (including phenoxy) is 1. The molecule has 8 nitrogen and oxygen atoms in total. The number of hydrogen-bond donors (Lipinski definition) is 2. The highest BCUT2D eigenvalue weighted by Gasteiger charge is 2.19. The molecule has 0 atom stereocenters. The van der Waals surface area contributed by atoms with Gasteiger partial charge in [-0.15, -0.1) is 10.2 Å². The van der Waals surface area contributed by atoms with Crippen molar-refractivity contribution in [3.8, 4) is 11.4 Å². The molecule has 2 N–H and O–H groups in total. The van der Waals surface area contributed by atoms with Gasteiger partial charge in [0.2, 0.25) is 0 Å². The molecular formula is C26H31N5O3. The quantitative estimate of drug-likeness (QED) is 0.529. The van der Waals surface area contributed by atoms with E-state index in [1.165, 1.54) is 6.42 Å². The number of benzene rings is 2. The Balaban J connectivity index is 1.52. The molecule has 2 heterocycles. The number of nitrogens with zero attached hydrogens (tertiary/aromatic N) is 3. The van der Waals surface area contributed by atoms with E-state index in [2.05, 4.69) is 25.4 Å². The molecule has 0 fully saturated rings. The van der Waals surface area contributed by atoms with E-state index in [0.717, 1.165) is 48.6 Å². The van der Waals surface area contributed by atoms with Crippen molar-refractivity contribution in [1.29, 1.82) is 0 Å². The highest BCUT2D eigenvalue weighted by molar-refractivity contribution is 6.05. The summed E-state index contributed by atoms with van der Waals surface area (Å²) in [7, 11) is 0. The number of anilines is 2. The maximum absolute atomic E-state index is 13.0. The highest BCUT2D eigenvalue weighted by Crippen LogP contribution is 2.27. The van der Waals surface area contributed by atoms with Gasteiger partial charge in [0, 0.05) is 35.5 Å². The van der Waals surface area contributed by atoms with E-state index in [1.807, 2.05) is 25.1 Å². The van der Waals surface area contributed by atoms with Crippen LogP contribution in [0.15, 0.2) is 42.5 Å². The number of amides is 2. The smallest absolute Gasteiger partial charge is 0.412 e. The average molecular weight is 462 g/mol. The first-order valence-corrected chi connectivity index (χ1v) is 11.6. The molecule has 1 aromatic heterocycles. The third-order valence-corrected chi connectivity index (χ3v) is 5.62. The molecule has 34 heavy (non-hydrogen) atoms. The van der Waals surface area contributed by atoms with Crippen LogP contribution in [-0.2, 0) is 17.7 Å². The third kappa shape index (κ3) is 5.62. The molecule has 0 aliphatic carbocycles. The van der Waals surface area contributed by atoms with Gasteiger partial charge in [-0.1, -0.05) is 24.6 Å². The zero-order valence-electron chi connectivity index (χ0n) is 20.1. The molecule has 1 aliphatic rings. The molecule has 3 aromatic rings. The van der Waals surface area contributed by atoms with Gasteiger partial charge in [0.25, 0.3) is 5.91 Å². The summed E-state index contributed by atoms with van der Waals surface area (Å²) in [5, 5.41) is 14.5. The number of aryl methyl sites for hydroxylation is 2. The number of carbonyl (C=O) groups excluding carboxylic acids is 2. The van der Waals surface area contributed by atoms with Crippen LogP contribution in [-0.4, -0.2) is 32.4 Å². The normalized spacial score (nSPS) is 13.5. The number of nitrogens with one attached hydrogen (secondary N) is 2. The monoisotopic (exact) mass is 461 g/mol. The van der Waals surface area contributed by atoms with Gasteiger partial charge in [-0.25, -0.2) is 4.79 Å². The fraction of sp³-hybridized carbons (Fsp3) is 0.385. The SMILES string of the molecule is Cc1ccc(-c2nnc3n2CCCCC3)cc1NC(=O)c1cccc(NC(=O)OC(C)(C)C)c1. The summed E-state index contributed by atoms with van der Waals surface area (Å²) in [6.07, 6.45) is 3.81. The van der Waals surface area contributed by atoms with Gasteiger partial charge in [0.15, 0.2) is 5.82 Å². The molecule has 8 heteroatoms. The van der Waals surface area contributed by atoms with Gasteiger partial charge in [0.1, 0.15) is 11.4 Å². The van der Waals surface area contributed by atoms with Gasteiger partial charge >= 0.3 is 6.09 Å². The Kier molecular flexibility index (Phi) is 6.68. The zero-order chi connectivity index (χ0) is 24.3. The molecule has 2 amide bonds. The van der Waals surface area contributed by atoms with Crippen LogP contribution in [0.4, 0.5) is 16.2 Å². The summed E-state index contributed by atoms with van der Waals surface area (Å²) in [6.45, 7) is 8.24. The molecule has 0 radical (unpaired) electrons. The second-order valence-electron chi connectivity index (χ2n) is 9.59. The van der Waals surface area contributed by atoms with Crippen LogP contribution in [0.5, 0.6) is 0 Å². The Bertz CT molecular complexity index is 1210. The molecule has 0 unspecified atom stereocenters. The Morgan fingerprint density at radius 2 is 1.82 bits per heavy atom. The zero-order valence-corrected chi connectivity index (χ0v) is 20.1. The molecular weight excluding hydrogens is 430 g/mol. The van der Waals surface area contributed by atoms with Crippen LogP contribution >= 0.6 is 0 Å². The van der Waals surface area contributed by atoms with E-state index in [0.29, 0.717) is 16.9 Å². The molecule has 2 aromatic carbocycles. The van der Waals surface area contributed by atoms with Gasteiger partial charge in [0.05, 0.1) is 0 Å². The highest BCUT2D eigenvalue weighted by atomic mass is 16.6. The summed E-state index contributed by atoms with van der Waals surface area (Å²) < 4.78 is 7.48. The van der Waals surface area contributed by atoms with Crippen molar-refractivity contribution in [1.82, 2.24) is 14.8 Å². The minimum atomic E-state index is -0.607. The summed E-state index contributed by atoms with van der Waals surface area (Å²) in [5.41, 5.74) is 2.87. The lowest BCUT2D eigenvalue weighted by Gasteiger charge is -2.19. The molecule has 4 rings (SSSR count). The number of fused-ring (bicyclic) bond motifs is 1. The maximum Gasteiger partial charge on any atom is 0.412 e. The Labute approximate surface area is 199 Å². The van der Waals surface area contributed by atoms with E-state index in [9.17, 15) is 9.59 Å². The van der Waals surface area contributed by atoms with Crippen LogP contribution < -0.4 is 10.6 Å². The van der Waals surface area contributed by atoms with Crippen LogP contribution in [0.25, 0.3) is 11.4 Å². The second-order valence-corrected chi connectivity index (χ2v) is 9.59. The number of rotatable bonds is 4. The van der Waals surface area contributed by atoms with E-state index in [1.54, 1.807) is 45.0 Å². The molecule has 178 valence electrons. The predicted octanol–water partition coefficient (Wildman–Crippen LogP) is 5.58. The van der Waals surface area contributed by atoms with Crippen LogP contribution in [0, 0.1) is 6.92 Å². The van der Waals surface area contributed by atoms with Crippen molar-refractivity contribution in [2.75, 3.05) is 10.6 Å². The van der Waals surface area contributed by atoms with Gasteiger partial charge in [-0.2, -0.15) is 0 Å². The molecule has 0 bridgehead atoms. The van der Waals surface area contributed by atoms with Crippen LogP contribution in [0.1, 0.15) is 61.8 Å².